The molecule has 2 fully saturated rings. The molecule has 6 heteroatoms. The molecule has 114 valence electrons. The Morgan fingerprint density at radius 2 is 2.19 bits per heavy atom. The van der Waals surface area contributed by atoms with Gasteiger partial charge < -0.3 is 24.6 Å². The van der Waals surface area contributed by atoms with E-state index in [1.807, 2.05) is 13.0 Å². The van der Waals surface area contributed by atoms with Gasteiger partial charge in [-0.05, 0) is 25.1 Å². The highest BCUT2D eigenvalue weighted by Crippen LogP contribution is 2.27. The van der Waals surface area contributed by atoms with Crippen molar-refractivity contribution < 1.29 is 24.1 Å². The number of hydrogen-bond donors (Lipinski definition) is 2. The van der Waals surface area contributed by atoms with E-state index in [0.717, 1.165) is 0 Å². The zero-order valence-electron chi connectivity index (χ0n) is 11.8. The number of aliphatic hydroxyl groups excluding tert-OH is 1. The van der Waals surface area contributed by atoms with E-state index in [-0.39, 0.29) is 30.8 Å². The van der Waals surface area contributed by atoms with E-state index in [1.54, 1.807) is 18.2 Å². The molecule has 2 saturated heterocycles. The molecule has 6 nitrogen and oxygen atoms in total. The fourth-order valence-electron chi connectivity index (χ4n) is 2.75. The molecule has 2 aliphatic heterocycles. The van der Waals surface area contributed by atoms with Crippen molar-refractivity contribution in [2.24, 2.45) is 0 Å². The number of amides is 1. The Morgan fingerprint density at radius 3 is 3.00 bits per heavy atom. The number of fused-ring (bicyclic) bond motifs is 1. The summed E-state index contributed by atoms with van der Waals surface area (Å²) in [5.74, 6) is 0.467. The molecule has 0 spiro atoms. The summed E-state index contributed by atoms with van der Waals surface area (Å²) < 4.78 is 16.4. The lowest BCUT2D eigenvalue weighted by atomic mass is 10.1. The van der Waals surface area contributed by atoms with Crippen molar-refractivity contribution in [2.45, 2.75) is 31.3 Å². The summed E-state index contributed by atoms with van der Waals surface area (Å²) in [6, 6.07) is 6.79. The van der Waals surface area contributed by atoms with Crippen LogP contribution in [-0.2, 0) is 9.47 Å². The topological polar surface area (TPSA) is 77.0 Å². The van der Waals surface area contributed by atoms with Crippen molar-refractivity contribution >= 4 is 5.91 Å². The minimum Gasteiger partial charge on any atom is -0.494 e. The Balaban J connectivity index is 1.65. The van der Waals surface area contributed by atoms with Gasteiger partial charge in [-0.15, -0.1) is 0 Å². The van der Waals surface area contributed by atoms with E-state index in [1.165, 1.54) is 0 Å². The second kappa shape index (κ2) is 6.01. The molecule has 0 bridgehead atoms. The van der Waals surface area contributed by atoms with Gasteiger partial charge in [-0.1, -0.05) is 6.07 Å². The van der Waals surface area contributed by atoms with Crippen molar-refractivity contribution in [3.05, 3.63) is 29.8 Å². The van der Waals surface area contributed by atoms with Gasteiger partial charge in [0.25, 0.3) is 5.91 Å². The maximum absolute atomic E-state index is 12.3. The molecule has 0 saturated carbocycles. The smallest absolute Gasteiger partial charge is 0.251 e. The number of carbonyl (C=O) groups excluding carboxylic acids is 1. The largest absolute Gasteiger partial charge is 0.494 e. The van der Waals surface area contributed by atoms with E-state index in [2.05, 4.69) is 5.32 Å². The summed E-state index contributed by atoms with van der Waals surface area (Å²) in [6.07, 6.45) is -1.23. The lowest BCUT2D eigenvalue weighted by Gasteiger charge is -2.17. The maximum atomic E-state index is 12.3. The fourth-order valence-corrected chi connectivity index (χ4v) is 2.75. The van der Waals surface area contributed by atoms with Gasteiger partial charge in [0.1, 0.15) is 24.1 Å². The third kappa shape index (κ3) is 2.88. The highest BCUT2D eigenvalue weighted by Gasteiger charge is 2.47. The Labute approximate surface area is 123 Å². The first-order chi connectivity index (χ1) is 10.2. The summed E-state index contributed by atoms with van der Waals surface area (Å²) >= 11 is 0. The molecule has 0 unspecified atom stereocenters. The molecule has 0 aromatic heterocycles. The minimum atomic E-state index is -0.613. The Bertz CT molecular complexity index is 521. The van der Waals surface area contributed by atoms with Crippen LogP contribution in [0.1, 0.15) is 17.3 Å². The number of aliphatic hydroxyl groups is 1. The molecule has 2 heterocycles. The Morgan fingerprint density at radius 1 is 1.38 bits per heavy atom. The molecule has 3 rings (SSSR count). The zero-order valence-corrected chi connectivity index (χ0v) is 11.8. The van der Waals surface area contributed by atoms with Crippen LogP contribution >= 0.6 is 0 Å². The van der Waals surface area contributed by atoms with Crippen molar-refractivity contribution in [3.63, 3.8) is 0 Å². The molecule has 21 heavy (non-hydrogen) atoms. The summed E-state index contributed by atoms with van der Waals surface area (Å²) in [6.45, 7) is 3.05. The molecule has 2 N–H and O–H groups in total. The van der Waals surface area contributed by atoms with Crippen LogP contribution in [0.4, 0.5) is 0 Å². The van der Waals surface area contributed by atoms with E-state index in [4.69, 9.17) is 14.2 Å². The third-order valence-corrected chi connectivity index (χ3v) is 3.75. The lowest BCUT2D eigenvalue weighted by molar-refractivity contribution is 0.0178. The molecule has 0 aliphatic carbocycles. The predicted molar refractivity (Wildman–Crippen MR) is 74.4 cm³/mol. The second-order valence-corrected chi connectivity index (χ2v) is 5.20. The first-order valence-electron chi connectivity index (χ1n) is 7.14. The predicted octanol–water partition coefficient (Wildman–Crippen LogP) is 0.342. The van der Waals surface area contributed by atoms with Crippen molar-refractivity contribution in [2.75, 3.05) is 19.8 Å². The van der Waals surface area contributed by atoms with Crippen LogP contribution < -0.4 is 10.1 Å². The summed E-state index contributed by atoms with van der Waals surface area (Å²) in [4.78, 5) is 12.3. The van der Waals surface area contributed by atoms with Crippen molar-refractivity contribution in [1.29, 1.82) is 0 Å². The highest BCUT2D eigenvalue weighted by atomic mass is 16.6. The van der Waals surface area contributed by atoms with Crippen LogP contribution in [0, 0.1) is 0 Å². The van der Waals surface area contributed by atoms with E-state index in [0.29, 0.717) is 24.5 Å². The van der Waals surface area contributed by atoms with Gasteiger partial charge >= 0.3 is 0 Å². The number of nitrogens with one attached hydrogen (secondary N) is 1. The zero-order chi connectivity index (χ0) is 14.8. The van der Waals surface area contributed by atoms with Crippen molar-refractivity contribution in [1.82, 2.24) is 5.32 Å². The molecule has 4 atom stereocenters. The summed E-state index contributed by atoms with van der Waals surface area (Å²) in [5.41, 5.74) is 0.531. The molecular weight excluding hydrogens is 274 g/mol. The van der Waals surface area contributed by atoms with Gasteiger partial charge in [-0.2, -0.15) is 0 Å². The summed E-state index contributed by atoms with van der Waals surface area (Å²) in [7, 11) is 0. The van der Waals surface area contributed by atoms with Crippen LogP contribution in [0.2, 0.25) is 0 Å². The molecule has 2 aliphatic rings. The third-order valence-electron chi connectivity index (χ3n) is 3.75. The number of rotatable bonds is 4. The monoisotopic (exact) mass is 293 g/mol. The Hall–Kier alpha value is -1.63. The number of carbonyl (C=O) groups is 1. The fraction of sp³-hybridized carbons (Fsp3) is 0.533. The van der Waals surface area contributed by atoms with E-state index in [9.17, 15) is 9.90 Å². The normalized spacial score (nSPS) is 31.0. The standard InChI is InChI=1S/C15H19NO5/c1-2-19-10-5-3-4-9(6-10)15(18)16-11-7-20-14-12(17)8-21-13(11)14/h3-6,11-14,17H,2,7-8H2,1H3,(H,16,18)/t11-,12+,13+,14+/m0/s1. The van der Waals surface area contributed by atoms with Gasteiger partial charge in [-0.3, -0.25) is 4.79 Å². The van der Waals surface area contributed by atoms with Gasteiger partial charge in [0.05, 0.1) is 25.9 Å². The lowest BCUT2D eigenvalue weighted by Crippen LogP contribution is -2.44. The molecular formula is C15H19NO5. The average molecular weight is 293 g/mol. The average Bonchev–Trinajstić information content (AvgIpc) is 3.04. The quantitative estimate of drug-likeness (QED) is 0.837. The molecule has 0 radical (unpaired) electrons. The number of ether oxygens (including phenoxy) is 3. The second-order valence-electron chi connectivity index (χ2n) is 5.20. The summed E-state index contributed by atoms with van der Waals surface area (Å²) in [5, 5.41) is 12.6. The van der Waals surface area contributed by atoms with E-state index >= 15 is 0 Å². The van der Waals surface area contributed by atoms with Crippen molar-refractivity contribution in [3.8, 4) is 5.75 Å². The van der Waals surface area contributed by atoms with Crippen LogP contribution in [0.15, 0.2) is 24.3 Å². The van der Waals surface area contributed by atoms with Gasteiger partial charge in [0.15, 0.2) is 0 Å². The highest BCUT2D eigenvalue weighted by molar-refractivity contribution is 5.94. The molecule has 1 amide bonds. The molecule has 1 aromatic carbocycles. The first kappa shape index (κ1) is 14.3. The minimum absolute atomic E-state index is 0.198. The van der Waals surface area contributed by atoms with Gasteiger partial charge in [0.2, 0.25) is 0 Å². The maximum Gasteiger partial charge on any atom is 0.251 e. The van der Waals surface area contributed by atoms with Crippen LogP contribution in [0.5, 0.6) is 5.75 Å². The number of hydrogen-bond acceptors (Lipinski definition) is 5. The Kier molecular flexibility index (Phi) is 4.10. The van der Waals surface area contributed by atoms with Gasteiger partial charge in [-0.25, -0.2) is 0 Å². The van der Waals surface area contributed by atoms with Crippen LogP contribution in [0.3, 0.4) is 0 Å². The first-order valence-corrected chi connectivity index (χ1v) is 7.14. The van der Waals surface area contributed by atoms with Gasteiger partial charge in [0, 0.05) is 5.56 Å². The van der Waals surface area contributed by atoms with E-state index < -0.39 is 6.10 Å². The van der Waals surface area contributed by atoms with Crippen LogP contribution in [0.25, 0.3) is 0 Å². The molecule has 1 aromatic rings. The van der Waals surface area contributed by atoms with Crippen LogP contribution in [-0.4, -0.2) is 55.2 Å². The number of benzene rings is 1. The SMILES string of the molecule is CCOc1cccc(C(=O)N[C@H]2CO[C@H]3[C@@H]2OC[C@H]3O)c1.